The molecule has 0 saturated heterocycles. The average Bonchev–Trinajstić information content (AvgIpc) is 2.97. The van der Waals surface area contributed by atoms with Gasteiger partial charge in [-0.15, -0.1) is 0 Å². The van der Waals surface area contributed by atoms with E-state index in [2.05, 4.69) is 15.6 Å². The van der Waals surface area contributed by atoms with Gasteiger partial charge in [0.25, 0.3) is 0 Å². The lowest BCUT2D eigenvalue weighted by atomic mass is 10.1. The normalized spacial score (nSPS) is 16.4. The number of fused-ring (bicyclic) bond motifs is 3. The Hall–Kier alpha value is -3.15. The number of amides is 1. The first-order valence-electron chi connectivity index (χ1n) is 8.18. The maximum Gasteiger partial charge on any atom is 0.247 e. The van der Waals surface area contributed by atoms with Crippen LogP contribution in [0.3, 0.4) is 0 Å². The molecule has 6 nitrogen and oxygen atoms in total. The first-order chi connectivity index (χ1) is 12.0. The second kappa shape index (κ2) is 5.73. The maximum atomic E-state index is 12.6. The number of benzene rings is 2. The number of imidazole rings is 1. The van der Waals surface area contributed by atoms with Crippen molar-refractivity contribution in [2.45, 2.75) is 26.3 Å². The van der Waals surface area contributed by atoms with Gasteiger partial charge in [0, 0.05) is 5.69 Å². The molecule has 25 heavy (non-hydrogen) atoms. The van der Waals surface area contributed by atoms with Crippen molar-refractivity contribution in [1.82, 2.24) is 9.55 Å². The van der Waals surface area contributed by atoms with Gasteiger partial charge in [0.1, 0.15) is 6.04 Å². The van der Waals surface area contributed by atoms with Gasteiger partial charge in [0.2, 0.25) is 17.8 Å². The van der Waals surface area contributed by atoms with Crippen LogP contribution < -0.4 is 10.6 Å². The van der Waals surface area contributed by atoms with Gasteiger partial charge in [-0.25, -0.2) is 9.55 Å². The molecule has 0 fully saturated rings. The number of nitrogens with one attached hydrogen (secondary N) is 2. The van der Waals surface area contributed by atoms with Gasteiger partial charge in [-0.3, -0.25) is 9.59 Å². The monoisotopic (exact) mass is 334 g/mol. The lowest BCUT2D eigenvalue weighted by molar-refractivity contribution is -0.117. The summed E-state index contributed by atoms with van der Waals surface area (Å²) in [4.78, 5) is 29.5. The Morgan fingerprint density at radius 1 is 1.20 bits per heavy atom. The fourth-order valence-electron chi connectivity index (χ4n) is 3.05. The maximum absolute atomic E-state index is 12.6. The van der Waals surface area contributed by atoms with Crippen molar-refractivity contribution in [2.24, 2.45) is 0 Å². The molecule has 4 rings (SSSR count). The molecule has 2 N–H and O–H groups in total. The smallest absolute Gasteiger partial charge is 0.247 e. The Balaban J connectivity index is 1.59. The summed E-state index contributed by atoms with van der Waals surface area (Å²) in [6.45, 7) is 4.02. The summed E-state index contributed by atoms with van der Waals surface area (Å²) in [6, 6.07) is 12.5. The minimum atomic E-state index is -0.640. The molecule has 1 aliphatic rings. The molecule has 0 spiro atoms. The number of para-hydroxylation sites is 2. The van der Waals surface area contributed by atoms with E-state index >= 15 is 0 Å². The summed E-state index contributed by atoms with van der Waals surface area (Å²) < 4.78 is 1.54. The van der Waals surface area contributed by atoms with Gasteiger partial charge in [-0.05, 0) is 49.2 Å². The second-order valence-electron chi connectivity index (χ2n) is 6.34. The van der Waals surface area contributed by atoms with Gasteiger partial charge in [0.15, 0.2) is 0 Å². The number of aromatic nitrogens is 2. The Morgan fingerprint density at radius 2 is 2.00 bits per heavy atom. The zero-order valence-corrected chi connectivity index (χ0v) is 14.0. The van der Waals surface area contributed by atoms with E-state index in [-0.39, 0.29) is 18.2 Å². The van der Waals surface area contributed by atoms with Crippen molar-refractivity contribution in [3.05, 3.63) is 53.6 Å². The molecule has 3 aromatic rings. The summed E-state index contributed by atoms with van der Waals surface area (Å²) in [5, 5.41) is 5.96. The Morgan fingerprint density at radius 3 is 2.80 bits per heavy atom. The molecule has 1 amide bonds. The number of rotatable bonds is 2. The topological polar surface area (TPSA) is 76.0 Å². The number of carbonyl (C=O) groups is 2. The van der Waals surface area contributed by atoms with Crippen LogP contribution in [-0.2, 0) is 4.79 Å². The molecule has 0 radical (unpaired) electrons. The first kappa shape index (κ1) is 15.4. The van der Waals surface area contributed by atoms with E-state index < -0.39 is 6.04 Å². The summed E-state index contributed by atoms with van der Waals surface area (Å²) in [7, 11) is 0. The van der Waals surface area contributed by atoms with Crippen molar-refractivity contribution < 1.29 is 9.59 Å². The molecule has 0 aliphatic carbocycles. The fourth-order valence-corrected chi connectivity index (χ4v) is 3.05. The second-order valence-corrected chi connectivity index (χ2v) is 6.34. The number of nitrogens with zero attached hydrogens (tertiary/aromatic N) is 2. The zero-order valence-electron chi connectivity index (χ0n) is 14.0. The molecule has 1 atom stereocenters. The summed E-state index contributed by atoms with van der Waals surface area (Å²) >= 11 is 0. The average molecular weight is 334 g/mol. The molecule has 1 aromatic heterocycles. The van der Waals surface area contributed by atoms with E-state index in [1.807, 2.05) is 56.3 Å². The molecule has 6 heteroatoms. The van der Waals surface area contributed by atoms with E-state index in [0.717, 1.165) is 27.8 Å². The number of hydrogen-bond acceptors (Lipinski definition) is 4. The van der Waals surface area contributed by atoms with Crippen LogP contribution in [0.1, 0.15) is 22.3 Å². The Bertz CT molecular complexity index is 1010. The molecule has 2 heterocycles. The summed E-state index contributed by atoms with van der Waals surface area (Å²) in [5.74, 6) is 0.0373. The molecule has 1 aliphatic heterocycles. The van der Waals surface area contributed by atoms with Crippen LogP contribution in [0.15, 0.2) is 42.5 Å². The quantitative estimate of drug-likeness (QED) is 0.755. The minimum absolute atomic E-state index is 0.0873. The molecular weight excluding hydrogens is 316 g/mol. The summed E-state index contributed by atoms with van der Waals surface area (Å²) in [6.07, 6.45) is 0.0873. The fraction of sp³-hybridized carbons (Fsp3) is 0.211. The van der Waals surface area contributed by atoms with E-state index in [4.69, 9.17) is 0 Å². The van der Waals surface area contributed by atoms with Gasteiger partial charge in [0.05, 0.1) is 17.5 Å². The molecule has 0 bridgehead atoms. The van der Waals surface area contributed by atoms with E-state index in [9.17, 15) is 9.59 Å². The highest BCUT2D eigenvalue weighted by atomic mass is 16.2. The third kappa shape index (κ3) is 2.65. The highest BCUT2D eigenvalue weighted by molar-refractivity contribution is 6.04. The number of hydrogen-bond donors (Lipinski definition) is 2. The molecule has 0 saturated carbocycles. The van der Waals surface area contributed by atoms with Crippen LogP contribution in [0.4, 0.5) is 11.6 Å². The minimum Gasteiger partial charge on any atom is -0.343 e. The van der Waals surface area contributed by atoms with Crippen molar-refractivity contribution in [1.29, 1.82) is 0 Å². The predicted octanol–water partition coefficient (Wildman–Crippen LogP) is 3.12. The van der Waals surface area contributed by atoms with Crippen LogP contribution in [-0.4, -0.2) is 27.4 Å². The molecule has 126 valence electrons. The van der Waals surface area contributed by atoms with Crippen molar-refractivity contribution in [3.63, 3.8) is 0 Å². The molecule has 0 unspecified atom stereocenters. The van der Waals surface area contributed by atoms with Gasteiger partial charge in [-0.2, -0.15) is 0 Å². The lowest BCUT2D eigenvalue weighted by Gasteiger charge is -2.24. The SMILES string of the molecule is Cc1ccc(NC(=O)[C@@H]2CC(=O)n3c(nc4ccccc43)N2)cc1C. The van der Waals surface area contributed by atoms with Crippen LogP contribution in [0, 0.1) is 13.8 Å². The molecular formula is C19H18N4O2. The van der Waals surface area contributed by atoms with E-state index in [1.54, 1.807) is 0 Å². The Kier molecular flexibility index (Phi) is 3.53. The van der Waals surface area contributed by atoms with Crippen molar-refractivity contribution in [3.8, 4) is 0 Å². The van der Waals surface area contributed by atoms with Crippen LogP contribution in [0.25, 0.3) is 11.0 Å². The summed E-state index contributed by atoms with van der Waals surface area (Å²) in [5.41, 5.74) is 4.47. The standard InChI is InChI=1S/C19H18N4O2/c1-11-7-8-13(9-12(11)2)20-18(25)15-10-17(24)23-16-6-4-3-5-14(16)21-19(23)22-15/h3-9,15H,10H2,1-2H3,(H,20,25)(H,21,22)/t15-/m0/s1. The number of anilines is 2. The molecule has 2 aromatic carbocycles. The van der Waals surface area contributed by atoms with Crippen LogP contribution >= 0.6 is 0 Å². The van der Waals surface area contributed by atoms with Crippen LogP contribution in [0.2, 0.25) is 0 Å². The number of aryl methyl sites for hydroxylation is 2. The van der Waals surface area contributed by atoms with Gasteiger partial charge < -0.3 is 10.6 Å². The van der Waals surface area contributed by atoms with Crippen molar-refractivity contribution in [2.75, 3.05) is 10.6 Å². The third-order valence-electron chi connectivity index (χ3n) is 4.58. The first-order valence-corrected chi connectivity index (χ1v) is 8.18. The van der Waals surface area contributed by atoms with Crippen LogP contribution in [0.5, 0.6) is 0 Å². The highest BCUT2D eigenvalue weighted by Crippen LogP contribution is 2.25. The largest absolute Gasteiger partial charge is 0.343 e. The third-order valence-corrected chi connectivity index (χ3v) is 4.58. The number of carbonyl (C=O) groups excluding carboxylic acids is 2. The van der Waals surface area contributed by atoms with E-state index in [1.165, 1.54) is 4.57 Å². The van der Waals surface area contributed by atoms with Crippen molar-refractivity contribution >= 4 is 34.5 Å². The lowest BCUT2D eigenvalue weighted by Crippen LogP contribution is -2.42. The highest BCUT2D eigenvalue weighted by Gasteiger charge is 2.31. The van der Waals surface area contributed by atoms with E-state index in [0.29, 0.717) is 5.95 Å². The van der Waals surface area contributed by atoms with Gasteiger partial charge in [-0.1, -0.05) is 18.2 Å². The zero-order chi connectivity index (χ0) is 17.6. The predicted molar refractivity (Wildman–Crippen MR) is 96.9 cm³/mol. The van der Waals surface area contributed by atoms with Gasteiger partial charge >= 0.3 is 0 Å². The Labute approximate surface area is 144 Å².